The van der Waals surface area contributed by atoms with Gasteiger partial charge in [-0.2, -0.15) is 0 Å². The van der Waals surface area contributed by atoms with Crippen molar-refractivity contribution < 1.29 is 4.79 Å². The van der Waals surface area contributed by atoms with Crippen LogP contribution in [0, 0.1) is 5.92 Å². The quantitative estimate of drug-likeness (QED) is 0.846. The second-order valence-electron chi connectivity index (χ2n) is 7.33. The molecule has 2 atom stereocenters. The van der Waals surface area contributed by atoms with E-state index in [1.165, 1.54) is 32.1 Å². The molecule has 0 aromatic rings. The van der Waals surface area contributed by atoms with Gasteiger partial charge in [0, 0.05) is 24.7 Å². The van der Waals surface area contributed by atoms with Crippen molar-refractivity contribution in [3.63, 3.8) is 0 Å². The first-order valence-electron chi connectivity index (χ1n) is 8.78. The zero-order valence-corrected chi connectivity index (χ0v) is 14.1. The number of nitrogens with two attached hydrogens (primary N) is 1. The van der Waals surface area contributed by atoms with Gasteiger partial charge in [0.1, 0.15) is 0 Å². The number of likely N-dealkylation sites (tertiary alicyclic amines) is 1. The molecule has 21 heavy (non-hydrogen) atoms. The van der Waals surface area contributed by atoms with Gasteiger partial charge in [0.05, 0.1) is 6.54 Å². The Morgan fingerprint density at radius 3 is 2.38 bits per heavy atom. The third kappa shape index (κ3) is 4.43. The fraction of sp³-hybridized carbons (Fsp3) is 0.941. The van der Waals surface area contributed by atoms with Crippen LogP contribution in [0.2, 0.25) is 0 Å². The first-order chi connectivity index (χ1) is 9.99. The summed E-state index contributed by atoms with van der Waals surface area (Å²) < 4.78 is 0. The number of hydrogen-bond acceptors (Lipinski definition) is 3. The van der Waals surface area contributed by atoms with Crippen LogP contribution in [0.3, 0.4) is 0 Å². The molecule has 1 aliphatic carbocycles. The van der Waals surface area contributed by atoms with E-state index < -0.39 is 0 Å². The smallest absolute Gasteiger partial charge is 0.237 e. The second-order valence-corrected chi connectivity index (χ2v) is 7.33. The average molecular weight is 295 g/mol. The highest BCUT2D eigenvalue weighted by molar-refractivity contribution is 5.79. The summed E-state index contributed by atoms with van der Waals surface area (Å²) in [5.41, 5.74) is 5.99. The van der Waals surface area contributed by atoms with Crippen LogP contribution in [0.4, 0.5) is 0 Å². The monoisotopic (exact) mass is 295 g/mol. The Labute approximate surface area is 130 Å². The third-order valence-electron chi connectivity index (χ3n) is 5.22. The van der Waals surface area contributed by atoms with Crippen LogP contribution in [-0.2, 0) is 4.79 Å². The summed E-state index contributed by atoms with van der Waals surface area (Å²) in [4.78, 5) is 17.2. The van der Waals surface area contributed by atoms with Crippen LogP contribution in [0.15, 0.2) is 0 Å². The zero-order chi connectivity index (χ0) is 15.4. The van der Waals surface area contributed by atoms with Crippen molar-refractivity contribution in [1.29, 1.82) is 0 Å². The van der Waals surface area contributed by atoms with Gasteiger partial charge in [-0.3, -0.25) is 9.69 Å². The van der Waals surface area contributed by atoms with Crippen LogP contribution in [0.1, 0.15) is 59.3 Å². The number of carbonyl (C=O) groups excluding carboxylic acids is 1. The molecule has 0 spiro atoms. The largest absolute Gasteiger partial charge is 0.336 e. The molecule has 2 N–H and O–H groups in total. The summed E-state index contributed by atoms with van der Waals surface area (Å²) >= 11 is 0. The summed E-state index contributed by atoms with van der Waals surface area (Å²) in [5.74, 6) is 0.877. The van der Waals surface area contributed by atoms with Crippen LogP contribution in [0.5, 0.6) is 0 Å². The van der Waals surface area contributed by atoms with Gasteiger partial charge in [0.25, 0.3) is 0 Å². The second kappa shape index (κ2) is 7.59. The normalized spacial score (nSPS) is 26.2. The Bertz CT molecular complexity index is 337. The standard InChI is InChI=1S/C17H33N3O/c1-13(2)20(16-7-5-4-6-8-16)17(21)12-19-10-9-15(11-19)14(3)18/h13-16H,4-12,18H2,1-3H3. The van der Waals surface area contributed by atoms with Crippen molar-refractivity contribution in [3.05, 3.63) is 0 Å². The molecular formula is C17H33N3O. The minimum absolute atomic E-state index is 0.240. The van der Waals surface area contributed by atoms with E-state index >= 15 is 0 Å². The maximum atomic E-state index is 12.8. The molecule has 1 saturated heterocycles. The van der Waals surface area contributed by atoms with Gasteiger partial charge in [0.15, 0.2) is 0 Å². The summed E-state index contributed by atoms with van der Waals surface area (Å²) in [5, 5.41) is 0. The van der Waals surface area contributed by atoms with Gasteiger partial charge in [-0.05, 0) is 52.5 Å². The van der Waals surface area contributed by atoms with Crippen LogP contribution < -0.4 is 5.73 Å². The maximum Gasteiger partial charge on any atom is 0.237 e. The Morgan fingerprint density at radius 2 is 1.86 bits per heavy atom. The molecule has 1 saturated carbocycles. The molecule has 122 valence electrons. The van der Waals surface area contributed by atoms with Crippen LogP contribution in [0.25, 0.3) is 0 Å². The first kappa shape index (κ1) is 16.8. The molecule has 4 nitrogen and oxygen atoms in total. The number of nitrogens with zero attached hydrogens (tertiary/aromatic N) is 2. The molecular weight excluding hydrogens is 262 g/mol. The lowest BCUT2D eigenvalue weighted by atomic mass is 9.93. The highest BCUT2D eigenvalue weighted by Crippen LogP contribution is 2.25. The summed E-state index contributed by atoms with van der Waals surface area (Å²) in [6.07, 6.45) is 7.39. The Hall–Kier alpha value is -0.610. The third-order valence-corrected chi connectivity index (χ3v) is 5.22. The van der Waals surface area contributed by atoms with E-state index in [2.05, 4.69) is 30.6 Å². The van der Waals surface area contributed by atoms with E-state index in [9.17, 15) is 4.79 Å². The summed E-state index contributed by atoms with van der Waals surface area (Å²) in [6.45, 7) is 8.98. The van der Waals surface area contributed by atoms with Crippen molar-refractivity contribution in [2.24, 2.45) is 11.7 Å². The van der Waals surface area contributed by atoms with E-state index in [4.69, 9.17) is 5.73 Å². The molecule has 0 radical (unpaired) electrons. The highest BCUT2D eigenvalue weighted by atomic mass is 16.2. The summed E-state index contributed by atoms with van der Waals surface area (Å²) in [6, 6.07) is 1.02. The minimum Gasteiger partial charge on any atom is -0.336 e. The Kier molecular flexibility index (Phi) is 6.06. The Morgan fingerprint density at radius 1 is 1.19 bits per heavy atom. The Balaban J connectivity index is 1.90. The number of amides is 1. The van der Waals surface area contributed by atoms with E-state index in [1.807, 2.05) is 0 Å². The fourth-order valence-corrected chi connectivity index (χ4v) is 3.98. The maximum absolute atomic E-state index is 12.8. The van der Waals surface area contributed by atoms with E-state index in [0.29, 0.717) is 30.5 Å². The van der Waals surface area contributed by atoms with Crippen LogP contribution in [-0.4, -0.2) is 53.5 Å². The molecule has 1 heterocycles. The number of hydrogen-bond donors (Lipinski definition) is 1. The van der Waals surface area contributed by atoms with Crippen molar-refractivity contribution in [2.45, 2.75) is 77.4 Å². The molecule has 2 rings (SSSR count). The molecule has 2 aliphatic rings. The molecule has 2 fully saturated rings. The molecule has 0 aromatic heterocycles. The SMILES string of the molecule is CC(N)C1CCN(CC(=O)N(C(C)C)C2CCCCC2)C1. The van der Waals surface area contributed by atoms with Crippen molar-refractivity contribution in [3.8, 4) is 0 Å². The van der Waals surface area contributed by atoms with Gasteiger partial charge in [0.2, 0.25) is 5.91 Å². The lowest BCUT2D eigenvalue weighted by Crippen LogP contribution is -2.49. The average Bonchev–Trinajstić information content (AvgIpc) is 2.88. The lowest BCUT2D eigenvalue weighted by Gasteiger charge is -2.38. The van der Waals surface area contributed by atoms with Gasteiger partial charge in [-0.15, -0.1) is 0 Å². The molecule has 1 aliphatic heterocycles. The lowest BCUT2D eigenvalue weighted by molar-refractivity contribution is -0.137. The minimum atomic E-state index is 0.240. The molecule has 4 heteroatoms. The van der Waals surface area contributed by atoms with Gasteiger partial charge in [-0.1, -0.05) is 19.3 Å². The fourth-order valence-electron chi connectivity index (χ4n) is 3.98. The van der Waals surface area contributed by atoms with Crippen molar-refractivity contribution >= 4 is 5.91 Å². The van der Waals surface area contributed by atoms with Crippen molar-refractivity contribution in [2.75, 3.05) is 19.6 Å². The van der Waals surface area contributed by atoms with Gasteiger partial charge >= 0.3 is 0 Å². The van der Waals surface area contributed by atoms with E-state index in [0.717, 1.165) is 19.5 Å². The van der Waals surface area contributed by atoms with Gasteiger partial charge < -0.3 is 10.6 Å². The topological polar surface area (TPSA) is 49.6 Å². The van der Waals surface area contributed by atoms with Gasteiger partial charge in [-0.25, -0.2) is 0 Å². The molecule has 0 aromatic carbocycles. The van der Waals surface area contributed by atoms with E-state index in [-0.39, 0.29) is 6.04 Å². The first-order valence-corrected chi connectivity index (χ1v) is 8.78. The number of rotatable bonds is 5. The molecule has 0 bridgehead atoms. The van der Waals surface area contributed by atoms with E-state index in [1.54, 1.807) is 0 Å². The molecule has 2 unspecified atom stereocenters. The number of carbonyl (C=O) groups is 1. The predicted molar refractivity (Wildman–Crippen MR) is 87.1 cm³/mol. The van der Waals surface area contributed by atoms with Crippen molar-refractivity contribution in [1.82, 2.24) is 9.80 Å². The predicted octanol–water partition coefficient (Wildman–Crippen LogP) is 2.23. The zero-order valence-electron chi connectivity index (χ0n) is 14.1. The summed E-state index contributed by atoms with van der Waals surface area (Å²) in [7, 11) is 0. The highest BCUT2D eigenvalue weighted by Gasteiger charge is 2.31. The molecule has 1 amide bonds. The van der Waals surface area contributed by atoms with Crippen LogP contribution >= 0.6 is 0 Å².